The predicted octanol–water partition coefficient (Wildman–Crippen LogP) is 3.82. The van der Waals surface area contributed by atoms with Crippen molar-refractivity contribution >= 4 is 23.2 Å². The maximum atomic E-state index is 12.4. The van der Waals surface area contributed by atoms with Gasteiger partial charge in [0.2, 0.25) is 5.91 Å². The van der Waals surface area contributed by atoms with E-state index in [1.807, 2.05) is 30.3 Å². The lowest BCUT2D eigenvalue weighted by Crippen LogP contribution is -2.31. The number of amides is 2. The number of para-hydroxylation sites is 2. The van der Waals surface area contributed by atoms with Crippen molar-refractivity contribution < 1.29 is 19.1 Å². The molecule has 1 heterocycles. The molecule has 1 unspecified atom stereocenters. The number of anilines is 2. The zero-order valence-electron chi connectivity index (χ0n) is 18.0. The molecule has 3 N–H and O–H groups in total. The van der Waals surface area contributed by atoms with Crippen molar-refractivity contribution in [3.8, 4) is 5.75 Å². The SMILES string of the molecule is CCCCOc1ccccc1NC(=O)CNc1cccc(C(=O)NCC2CCCO2)c1. The van der Waals surface area contributed by atoms with E-state index in [2.05, 4.69) is 22.9 Å². The minimum Gasteiger partial charge on any atom is -0.491 e. The van der Waals surface area contributed by atoms with Gasteiger partial charge in [0.25, 0.3) is 5.91 Å². The van der Waals surface area contributed by atoms with Gasteiger partial charge in [-0.15, -0.1) is 0 Å². The Hall–Kier alpha value is -3.06. The van der Waals surface area contributed by atoms with Crippen LogP contribution in [0.15, 0.2) is 48.5 Å². The van der Waals surface area contributed by atoms with Crippen molar-refractivity contribution in [3.05, 3.63) is 54.1 Å². The summed E-state index contributed by atoms with van der Waals surface area (Å²) < 4.78 is 11.3. The monoisotopic (exact) mass is 425 g/mol. The summed E-state index contributed by atoms with van der Waals surface area (Å²) >= 11 is 0. The van der Waals surface area contributed by atoms with E-state index in [9.17, 15) is 9.59 Å². The van der Waals surface area contributed by atoms with E-state index in [-0.39, 0.29) is 24.5 Å². The van der Waals surface area contributed by atoms with Gasteiger partial charge in [0.15, 0.2) is 0 Å². The van der Waals surface area contributed by atoms with Gasteiger partial charge < -0.3 is 25.4 Å². The number of ether oxygens (including phenoxy) is 2. The van der Waals surface area contributed by atoms with Crippen LogP contribution < -0.4 is 20.7 Å². The van der Waals surface area contributed by atoms with E-state index < -0.39 is 0 Å². The van der Waals surface area contributed by atoms with Gasteiger partial charge >= 0.3 is 0 Å². The Kier molecular flexibility index (Phi) is 8.72. The lowest BCUT2D eigenvalue weighted by atomic mass is 10.1. The molecule has 0 bridgehead atoms. The van der Waals surface area contributed by atoms with Crippen molar-refractivity contribution in [2.75, 3.05) is 36.9 Å². The van der Waals surface area contributed by atoms with E-state index in [0.717, 1.165) is 32.3 Å². The van der Waals surface area contributed by atoms with Crippen LogP contribution in [0.5, 0.6) is 5.75 Å². The van der Waals surface area contributed by atoms with E-state index >= 15 is 0 Å². The molecule has 0 radical (unpaired) electrons. The molecular formula is C24H31N3O4. The van der Waals surface area contributed by atoms with Crippen molar-refractivity contribution in [2.24, 2.45) is 0 Å². The second-order valence-corrected chi connectivity index (χ2v) is 7.53. The van der Waals surface area contributed by atoms with Crippen molar-refractivity contribution in [3.63, 3.8) is 0 Å². The summed E-state index contributed by atoms with van der Waals surface area (Å²) in [5.74, 6) is 0.316. The van der Waals surface area contributed by atoms with Gasteiger partial charge in [-0.1, -0.05) is 31.5 Å². The smallest absolute Gasteiger partial charge is 0.251 e. The summed E-state index contributed by atoms with van der Waals surface area (Å²) in [6.07, 6.45) is 4.12. The normalized spacial score (nSPS) is 15.3. The van der Waals surface area contributed by atoms with E-state index in [0.29, 0.717) is 35.8 Å². The summed E-state index contributed by atoms with van der Waals surface area (Å²) in [5.41, 5.74) is 1.89. The van der Waals surface area contributed by atoms with Gasteiger partial charge in [-0.2, -0.15) is 0 Å². The number of nitrogens with one attached hydrogen (secondary N) is 3. The Bertz CT molecular complexity index is 865. The van der Waals surface area contributed by atoms with Gasteiger partial charge in [0.05, 0.1) is 24.9 Å². The zero-order chi connectivity index (χ0) is 21.9. The average molecular weight is 426 g/mol. The Morgan fingerprint density at radius 2 is 2.03 bits per heavy atom. The number of rotatable bonds is 11. The highest BCUT2D eigenvalue weighted by molar-refractivity contribution is 5.96. The first-order chi connectivity index (χ1) is 15.2. The lowest BCUT2D eigenvalue weighted by molar-refractivity contribution is -0.114. The van der Waals surface area contributed by atoms with E-state index in [4.69, 9.17) is 9.47 Å². The molecule has 2 amide bonds. The summed E-state index contributed by atoms with van der Waals surface area (Å²) in [6.45, 7) is 4.06. The van der Waals surface area contributed by atoms with Crippen molar-refractivity contribution in [2.45, 2.75) is 38.7 Å². The number of unbranched alkanes of at least 4 members (excludes halogenated alkanes) is 1. The molecule has 3 rings (SSSR count). The summed E-state index contributed by atoms with van der Waals surface area (Å²) in [6, 6.07) is 14.5. The highest BCUT2D eigenvalue weighted by Gasteiger charge is 2.17. The van der Waals surface area contributed by atoms with Crippen LogP contribution in [0, 0.1) is 0 Å². The highest BCUT2D eigenvalue weighted by Crippen LogP contribution is 2.24. The zero-order valence-corrected chi connectivity index (χ0v) is 18.0. The molecular weight excluding hydrogens is 394 g/mol. The second-order valence-electron chi connectivity index (χ2n) is 7.53. The van der Waals surface area contributed by atoms with Crippen molar-refractivity contribution in [1.29, 1.82) is 0 Å². The first kappa shape index (κ1) is 22.6. The van der Waals surface area contributed by atoms with Gasteiger partial charge in [-0.25, -0.2) is 0 Å². The molecule has 0 spiro atoms. The fraction of sp³-hybridized carbons (Fsp3) is 0.417. The first-order valence-corrected chi connectivity index (χ1v) is 10.9. The lowest BCUT2D eigenvalue weighted by Gasteiger charge is -2.13. The third-order valence-corrected chi connectivity index (χ3v) is 5.01. The molecule has 1 saturated heterocycles. The maximum absolute atomic E-state index is 12.4. The summed E-state index contributed by atoms with van der Waals surface area (Å²) in [7, 11) is 0. The van der Waals surface area contributed by atoms with Crippen LogP contribution in [0.2, 0.25) is 0 Å². The number of carbonyl (C=O) groups excluding carboxylic acids is 2. The molecule has 2 aromatic carbocycles. The topological polar surface area (TPSA) is 88.7 Å². The quantitative estimate of drug-likeness (QED) is 0.476. The Labute approximate surface area is 183 Å². The minimum atomic E-state index is -0.195. The molecule has 2 aromatic rings. The first-order valence-electron chi connectivity index (χ1n) is 10.9. The number of hydrogen-bond acceptors (Lipinski definition) is 5. The second kappa shape index (κ2) is 12.0. The van der Waals surface area contributed by atoms with Crippen LogP contribution in [0.1, 0.15) is 43.0 Å². The van der Waals surface area contributed by atoms with E-state index in [1.54, 1.807) is 18.2 Å². The standard InChI is InChI=1S/C24H31N3O4/c1-2-3-13-31-22-12-5-4-11-21(22)27-23(28)17-25-19-9-6-8-18(15-19)24(29)26-16-20-10-7-14-30-20/h4-6,8-9,11-12,15,20,25H,2-3,7,10,13-14,16-17H2,1H3,(H,26,29)(H,27,28). The Morgan fingerprint density at radius 1 is 1.16 bits per heavy atom. The largest absolute Gasteiger partial charge is 0.491 e. The fourth-order valence-corrected chi connectivity index (χ4v) is 3.28. The maximum Gasteiger partial charge on any atom is 0.251 e. The molecule has 1 aliphatic rings. The van der Waals surface area contributed by atoms with Crippen LogP contribution in [0.25, 0.3) is 0 Å². The molecule has 1 aliphatic heterocycles. The average Bonchev–Trinajstić information content (AvgIpc) is 3.31. The van der Waals surface area contributed by atoms with Crippen LogP contribution in [-0.4, -0.2) is 44.2 Å². The van der Waals surface area contributed by atoms with Crippen LogP contribution in [-0.2, 0) is 9.53 Å². The molecule has 31 heavy (non-hydrogen) atoms. The van der Waals surface area contributed by atoms with Crippen LogP contribution >= 0.6 is 0 Å². The van der Waals surface area contributed by atoms with Crippen LogP contribution in [0.3, 0.4) is 0 Å². The number of benzene rings is 2. The van der Waals surface area contributed by atoms with Gasteiger partial charge in [-0.05, 0) is 49.6 Å². The molecule has 0 saturated carbocycles. The van der Waals surface area contributed by atoms with Gasteiger partial charge in [0, 0.05) is 24.4 Å². The molecule has 1 fully saturated rings. The van der Waals surface area contributed by atoms with E-state index in [1.165, 1.54) is 0 Å². The third kappa shape index (κ3) is 7.29. The van der Waals surface area contributed by atoms with Crippen LogP contribution in [0.4, 0.5) is 11.4 Å². The Balaban J connectivity index is 1.49. The minimum absolute atomic E-state index is 0.0737. The van der Waals surface area contributed by atoms with Crippen molar-refractivity contribution in [1.82, 2.24) is 5.32 Å². The highest BCUT2D eigenvalue weighted by atomic mass is 16.5. The molecule has 166 valence electrons. The predicted molar refractivity (Wildman–Crippen MR) is 122 cm³/mol. The molecule has 0 aromatic heterocycles. The molecule has 7 nitrogen and oxygen atoms in total. The fourth-order valence-electron chi connectivity index (χ4n) is 3.28. The Morgan fingerprint density at radius 3 is 2.84 bits per heavy atom. The van der Waals surface area contributed by atoms with Gasteiger partial charge in [-0.3, -0.25) is 9.59 Å². The molecule has 7 heteroatoms. The number of carbonyl (C=O) groups is 2. The molecule has 1 atom stereocenters. The summed E-state index contributed by atoms with van der Waals surface area (Å²) in [5, 5.41) is 8.86. The molecule has 0 aliphatic carbocycles. The summed E-state index contributed by atoms with van der Waals surface area (Å²) in [4.78, 5) is 24.8. The third-order valence-electron chi connectivity index (χ3n) is 5.01. The van der Waals surface area contributed by atoms with Gasteiger partial charge in [0.1, 0.15) is 5.75 Å². The number of hydrogen-bond donors (Lipinski definition) is 3.